The predicted octanol–water partition coefficient (Wildman–Crippen LogP) is 6.10. The standard InChI is InChI=1S/C31H22O5/c1-4-30(32)35-28-18-19-29(36-31(33)5-2)27-20-24(14-17-26(27)28)23-12-8-21(9-13-23)6-7-22-10-15-25(34-3)16-11-22/h4-5,8-20H,1-2H2,3H3. The van der Waals surface area contributed by atoms with Crippen molar-refractivity contribution < 1.29 is 23.8 Å². The van der Waals surface area contributed by atoms with Gasteiger partial charge in [-0.15, -0.1) is 0 Å². The molecule has 0 heterocycles. The molecule has 0 bridgehead atoms. The molecule has 0 aliphatic rings. The van der Waals surface area contributed by atoms with Crippen LogP contribution >= 0.6 is 0 Å². The van der Waals surface area contributed by atoms with Crippen LogP contribution in [0.2, 0.25) is 0 Å². The Hall–Kier alpha value is -5.08. The molecule has 4 aromatic carbocycles. The lowest BCUT2D eigenvalue weighted by molar-refractivity contribution is -0.129. The van der Waals surface area contributed by atoms with Crippen molar-refractivity contribution in [2.45, 2.75) is 0 Å². The molecule has 5 nitrogen and oxygen atoms in total. The molecule has 4 rings (SSSR count). The fourth-order valence-electron chi connectivity index (χ4n) is 3.52. The molecule has 4 aromatic rings. The average Bonchev–Trinajstić information content (AvgIpc) is 2.93. The number of hydrogen-bond acceptors (Lipinski definition) is 5. The summed E-state index contributed by atoms with van der Waals surface area (Å²) < 4.78 is 16.0. The average molecular weight is 475 g/mol. The number of hydrogen-bond donors (Lipinski definition) is 0. The molecule has 0 radical (unpaired) electrons. The van der Waals surface area contributed by atoms with Gasteiger partial charge in [0.1, 0.15) is 17.2 Å². The Morgan fingerprint density at radius 2 is 1.17 bits per heavy atom. The summed E-state index contributed by atoms with van der Waals surface area (Å²) in [7, 11) is 1.63. The molecule has 0 saturated carbocycles. The van der Waals surface area contributed by atoms with E-state index in [2.05, 4.69) is 25.0 Å². The number of carbonyl (C=O) groups is 2. The molecule has 0 atom stereocenters. The Bertz CT molecular complexity index is 1520. The largest absolute Gasteiger partial charge is 0.497 e. The number of esters is 2. The van der Waals surface area contributed by atoms with E-state index in [0.29, 0.717) is 22.3 Å². The fraction of sp³-hybridized carbons (Fsp3) is 0.0323. The molecule has 36 heavy (non-hydrogen) atoms. The molecule has 0 aliphatic carbocycles. The first-order valence-electron chi connectivity index (χ1n) is 11.0. The lowest BCUT2D eigenvalue weighted by atomic mass is 9.99. The Labute approximate surface area is 209 Å². The van der Waals surface area contributed by atoms with Crippen LogP contribution in [0.1, 0.15) is 11.1 Å². The molecule has 0 spiro atoms. The van der Waals surface area contributed by atoms with E-state index in [9.17, 15) is 9.59 Å². The van der Waals surface area contributed by atoms with E-state index in [1.165, 1.54) is 0 Å². The fourth-order valence-corrected chi connectivity index (χ4v) is 3.52. The highest BCUT2D eigenvalue weighted by molar-refractivity contribution is 5.99. The lowest BCUT2D eigenvalue weighted by Crippen LogP contribution is -2.06. The Balaban J connectivity index is 1.67. The second kappa shape index (κ2) is 10.9. The summed E-state index contributed by atoms with van der Waals surface area (Å²) in [6.07, 6.45) is 2.18. The first kappa shape index (κ1) is 24.1. The third kappa shape index (κ3) is 5.52. The highest BCUT2D eigenvalue weighted by atomic mass is 16.5. The zero-order chi connectivity index (χ0) is 25.5. The van der Waals surface area contributed by atoms with Crippen LogP contribution in [-0.2, 0) is 9.59 Å². The summed E-state index contributed by atoms with van der Waals surface area (Å²) >= 11 is 0. The van der Waals surface area contributed by atoms with Gasteiger partial charge in [-0.05, 0) is 71.8 Å². The third-order valence-electron chi connectivity index (χ3n) is 5.35. The van der Waals surface area contributed by atoms with Gasteiger partial charge in [-0.1, -0.05) is 43.2 Å². The number of ether oxygens (including phenoxy) is 3. The van der Waals surface area contributed by atoms with Gasteiger partial charge >= 0.3 is 11.9 Å². The zero-order valence-corrected chi connectivity index (χ0v) is 19.6. The van der Waals surface area contributed by atoms with E-state index in [-0.39, 0.29) is 0 Å². The molecule has 5 heteroatoms. The van der Waals surface area contributed by atoms with Gasteiger partial charge in [0, 0.05) is 34.1 Å². The quantitative estimate of drug-likeness (QED) is 0.146. The molecule has 0 aromatic heterocycles. The maximum atomic E-state index is 11.9. The molecule has 0 fully saturated rings. The van der Waals surface area contributed by atoms with Crippen molar-refractivity contribution in [2.24, 2.45) is 0 Å². The van der Waals surface area contributed by atoms with Gasteiger partial charge < -0.3 is 14.2 Å². The topological polar surface area (TPSA) is 61.8 Å². The van der Waals surface area contributed by atoms with Gasteiger partial charge in [0.05, 0.1) is 7.11 Å². The van der Waals surface area contributed by atoms with E-state index in [0.717, 1.165) is 40.2 Å². The molecule has 0 unspecified atom stereocenters. The van der Waals surface area contributed by atoms with Crippen LogP contribution in [0.25, 0.3) is 21.9 Å². The van der Waals surface area contributed by atoms with Crippen LogP contribution in [-0.4, -0.2) is 19.0 Å². The lowest BCUT2D eigenvalue weighted by Gasteiger charge is -2.12. The van der Waals surface area contributed by atoms with Crippen molar-refractivity contribution in [3.8, 4) is 40.2 Å². The van der Waals surface area contributed by atoms with Gasteiger partial charge in [0.15, 0.2) is 0 Å². The highest BCUT2D eigenvalue weighted by Crippen LogP contribution is 2.36. The van der Waals surface area contributed by atoms with E-state index in [1.54, 1.807) is 19.2 Å². The van der Waals surface area contributed by atoms with Crippen molar-refractivity contribution in [1.82, 2.24) is 0 Å². The number of carbonyl (C=O) groups excluding carboxylic acids is 2. The second-order valence-electron chi connectivity index (χ2n) is 7.63. The van der Waals surface area contributed by atoms with Crippen molar-refractivity contribution in [1.29, 1.82) is 0 Å². The van der Waals surface area contributed by atoms with Crippen molar-refractivity contribution >= 4 is 22.7 Å². The first-order valence-corrected chi connectivity index (χ1v) is 11.0. The van der Waals surface area contributed by atoms with Crippen molar-refractivity contribution in [3.63, 3.8) is 0 Å². The van der Waals surface area contributed by atoms with Gasteiger partial charge in [-0.25, -0.2) is 9.59 Å². The Morgan fingerprint density at radius 1 is 0.667 bits per heavy atom. The maximum Gasteiger partial charge on any atom is 0.335 e. The van der Waals surface area contributed by atoms with Crippen LogP contribution in [0.5, 0.6) is 17.2 Å². The smallest absolute Gasteiger partial charge is 0.335 e. The second-order valence-corrected chi connectivity index (χ2v) is 7.63. The van der Waals surface area contributed by atoms with E-state index >= 15 is 0 Å². The first-order chi connectivity index (χ1) is 17.5. The van der Waals surface area contributed by atoms with Crippen LogP contribution in [0.15, 0.2) is 104 Å². The minimum absolute atomic E-state index is 0.331. The SMILES string of the molecule is C=CC(=O)Oc1ccc(OC(=O)C=C)c2cc(-c3ccc(C#Cc4ccc(OC)cc4)cc3)ccc12. The minimum atomic E-state index is -0.586. The number of benzene rings is 4. The van der Waals surface area contributed by atoms with Gasteiger partial charge in [0.25, 0.3) is 0 Å². The number of fused-ring (bicyclic) bond motifs is 1. The predicted molar refractivity (Wildman–Crippen MR) is 140 cm³/mol. The van der Waals surface area contributed by atoms with Crippen molar-refractivity contribution in [2.75, 3.05) is 7.11 Å². The Morgan fingerprint density at radius 3 is 1.69 bits per heavy atom. The summed E-state index contributed by atoms with van der Waals surface area (Å²) in [5.74, 6) is 6.59. The van der Waals surface area contributed by atoms with Crippen molar-refractivity contribution in [3.05, 3.63) is 115 Å². The molecule has 176 valence electrons. The monoisotopic (exact) mass is 474 g/mol. The number of rotatable bonds is 6. The molecule has 0 amide bonds. The van der Waals surface area contributed by atoms with Gasteiger partial charge in [-0.3, -0.25) is 0 Å². The summed E-state index contributed by atoms with van der Waals surface area (Å²) in [5.41, 5.74) is 3.60. The minimum Gasteiger partial charge on any atom is -0.497 e. The van der Waals surface area contributed by atoms with Crippen LogP contribution < -0.4 is 14.2 Å². The Kier molecular flexibility index (Phi) is 7.28. The molecular formula is C31H22O5. The van der Waals surface area contributed by atoms with Gasteiger partial charge in [0.2, 0.25) is 0 Å². The van der Waals surface area contributed by atoms with Gasteiger partial charge in [-0.2, -0.15) is 0 Å². The van der Waals surface area contributed by atoms with Crippen LogP contribution in [0.4, 0.5) is 0 Å². The zero-order valence-electron chi connectivity index (χ0n) is 19.6. The number of methoxy groups -OCH3 is 1. The summed E-state index contributed by atoms with van der Waals surface area (Å²) in [6, 6.07) is 24.1. The molecule has 0 saturated heterocycles. The van der Waals surface area contributed by atoms with E-state index in [4.69, 9.17) is 14.2 Å². The normalized spacial score (nSPS) is 10.0. The summed E-state index contributed by atoms with van der Waals surface area (Å²) in [6.45, 7) is 6.88. The van der Waals surface area contributed by atoms with E-state index < -0.39 is 11.9 Å². The molecule has 0 aliphatic heterocycles. The molecule has 0 N–H and O–H groups in total. The highest BCUT2D eigenvalue weighted by Gasteiger charge is 2.13. The molecular weight excluding hydrogens is 452 g/mol. The third-order valence-corrected chi connectivity index (χ3v) is 5.35. The van der Waals surface area contributed by atoms with Crippen LogP contribution in [0, 0.1) is 11.8 Å². The maximum absolute atomic E-state index is 11.9. The van der Waals surface area contributed by atoms with E-state index in [1.807, 2.05) is 66.7 Å². The van der Waals surface area contributed by atoms with Crippen LogP contribution in [0.3, 0.4) is 0 Å². The summed E-state index contributed by atoms with van der Waals surface area (Å²) in [5, 5.41) is 1.23. The summed E-state index contributed by atoms with van der Waals surface area (Å²) in [4.78, 5) is 23.6.